The van der Waals surface area contributed by atoms with Crippen LogP contribution in [0.2, 0.25) is 0 Å². The number of aliphatic hydroxyl groups is 1. The lowest BCUT2D eigenvalue weighted by atomic mass is 10.0. The van der Waals surface area contributed by atoms with E-state index in [0.717, 1.165) is 12.1 Å². The Morgan fingerprint density at radius 3 is 2.42 bits per heavy atom. The first-order chi connectivity index (χ1) is 8.97. The Bertz CT molecular complexity index is 387. The van der Waals surface area contributed by atoms with Crippen LogP contribution in [0.3, 0.4) is 0 Å². The predicted octanol–water partition coefficient (Wildman–Crippen LogP) is 2.52. The monoisotopic (exact) mass is 265 g/mol. The number of rotatable bonds is 8. The average molecular weight is 265 g/mol. The Labute approximate surface area is 114 Å². The summed E-state index contributed by atoms with van der Waals surface area (Å²) in [5.74, 6) is -0.242. The van der Waals surface area contributed by atoms with Gasteiger partial charge in [0.2, 0.25) is 0 Å². The summed E-state index contributed by atoms with van der Waals surface area (Å²) in [7, 11) is 0. The Morgan fingerprint density at radius 1 is 1.26 bits per heavy atom. The summed E-state index contributed by atoms with van der Waals surface area (Å²) < 4.78 is 0. The van der Waals surface area contributed by atoms with Crippen LogP contribution in [0.15, 0.2) is 24.3 Å². The Hall–Kier alpha value is -1.55. The van der Waals surface area contributed by atoms with Gasteiger partial charge in [0, 0.05) is 18.7 Å². The van der Waals surface area contributed by atoms with Crippen LogP contribution in [0.1, 0.15) is 32.3 Å². The predicted molar refractivity (Wildman–Crippen MR) is 76.4 cm³/mol. The molecular formula is C15H23NO3. The van der Waals surface area contributed by atoms with E-state index >= 15 is 0 Å². The molecule has 0 spiro atoms. The maximum atomic E-state index is 10.4. The molecule has 0 fully saturated rings. The molecular weight excluding hydrogens is 242 g/mol. The third-order valence-corrected chi connectivity index (χ3v) is 2.83. The van der Waals surface area contributed by atoms with E-state index < -0.39 is 12.1 Å². The van der Waals surface area contributed by atoms with Crippen LogP contribution < -0.4 is 5.32 Å². The topological polar surface area (TPSA) is 69.6 Å². The molecule has 4 heteroatoms. The summed E-state index contributed by atoms with van der Waals surface area (Å²) in [4.78, 5) is 10.4. The van der Waals surface area contributed by atoms with Crippen LogP contribution in [0.4, 0.5) is 5.69 Å². The largest absolute Gasteiger partial charge is 0.481 e. The maximum absolute atomic E-state index is 10.4. The number of hydrogen-bond donors (Lipinski definition) is 3. The van der Waals surface area contributed by atoms with E-state index in [2.05, 4.69) is 31.3 Å². The van der Waals surface area contributed by atoms with Gasteiger partial charge in [-0.1, -0.05) is 26.0 Å². The third kappa shape index (κ3) is 6.82. The van der Waals surface area contributed by atoms with Crippen molar-refractivity contribution in [2.45, 2.75) is 39.2 Å². The number of carboxylic acids is 1. The van der Waals surface area contributed by atoms with Gasteiger partial charge in [-0.15, -0.1) is 0 Å². The van der Waals surface area contributed by atoms with E-state index in [-0.39, 0.29) is 12.8 Å². The lowest BCUT2D eigenvalue weighted by Crippen LogP contribution is -2.20. The molecule has 1 unspecified atom stereocenters. The van der Waals surface area contributed by atoms with E-state index in [9.17, 15) is 9.90 Å². The Morgan fingerprint density at radius 2 is 1.89 bits per heavy atom. The van der Waals surface area contributed by atoms with Crippen LogP contribution in [0.25, 0.3) is 0 Å². The van der Waals surface area contributed by atoms with Crippen molar-refractivity contribution in [1.82, 2.24) is 0 Å². The highest BCUT2D eigenvalue weighted by Crippen LogP contribution is 2.13. The molecule has 1 atom stereocenters. The minimum atomic E-state index is -0.878. The molecule has 0 aliphatic rings. The molecule has 0 aliphatic carbocycles. The van der Waals surface area contributed by atoms with Crippen molar-refractivity contribution in [2.24, 2.45) is 5.92 Å². The van der Waals surface area contributed by atoms with Crippen LogP contribution in [0.5, 0.6) is 0 Å². The normalized spacial score (nSPS) is 12.4. The van der Waals surface area contributed by atoms with E-state index in [1.807, 2.05) is 12.1 Å². The summed E-state index contributed by atoms with van der Waals surface area (Å²) in [6.07, 6.45) is 0.692. The molecule has 0 radical (unpaired) electrons. The number of nitrogens with one attached hydrogen (secondary N) is 1. The number of hydrogen-bond acceptors (Lipinski definition) is 3. The summed E-state index contributed by atoms with van der Waals surface area (Å²) in [5, 5.41) is 21.2. The second-order valence-corrected chi connectivity index (χ2v) is 5.26. The van der Waals surface area contributed by atoms with Gasteiger partial charge in [0.15, 0.2) is 0 Å². The highest BCUT2D eigenvalue weighted by molar-refractivity contribution is 5.66. The molecule has 0 bridgehead atoms. The fourth-order valence-corrected chi connectivity index (χ4v) is 1.86. The fourth-order valence-electron chi connectivity index (χ4n) is 1.86. The van der Waals surface area contributed by atoms with Crippen molar-refractivity contribution < 1.29 is 15.0 Å². The van der Waals surface area contributed by atoms with Crippen molar-refractivity contribution in [2.75, 3.05) is 11.9 Å². The SMILES string of the molecule is CC(C)Cc1ccc(NCC(O)CCC(=O)O)cc1. The molecule has 19 heavy (non-hydrogen) atoms. The van der Waals surface area contributed by atoms with E-state index in [0.29, 0.717) is 12.5 Å². The lowest BCUT2D eigenvalue weighted by molar-refractivity contribution is -0.137. The molecule has 0 amide bonds. The van der Waals surface area contributed by atoms with Crippen molar-refractivity contribution in [3.63, 3.8) is 0 Å². The second-order valence-electron chi connectivity index (χ2n) is 5.26. The van der Waals surface area contributed by atoms with Gasteiger partial charge < -0.3 is 15.5 Å². The molecule has 1 rings (SSSR count). The van der Waals surface area contributed by atoms with Crippen molar-refractivity contribution in [3.05, 3.63) is 29.8 Å². The van der Waals surface area contributed by atoms with Gasteiger partial charge in [-0.05, 0) is 36.5 Å². The molecule has 0 saturated heterocycles. The van der Waals surface area contributed by atoms with Gasteiger partial charge in [-0.25, -0.2) is 0 Å². The first-order valence-electron chi connectivity index (χ1n) is 6.70. The smallest absolute Gasteiger partial charge is 0.303 e. The molecule has 1 aromatic rings. The summed E-state index contributed by atoms with van der Waals surface area (Å²) in [6, 6.07) is 8.13. The van der Waals surface area contributed by atoms with Crippen molar-refractivity contribution in [1.29, 1.82) is 0 Å². The standard InChI is InChI=1S/C15H23NO3/c1-11(2)9-12-3-5-13(6-4-12)16-10-14(17)7-8-15(18)19/h3-6,11,14,16-17H,7-10H2,1-2H3,(H,18,19). The molecule has 1 aromatic carbocycles. The number of aliphatic carboxylic acids is 1. The molecule has 0 aliphatic heterocycles. The zero-order valence-corrected chi connectivity index (χ0v) is 11.6. The number of aliphatic hydroxyl groups excluding tert-OH is 1. The van der Waals surface area contributed by atoms with Gasteiger partial charge >= 0.3 is 5.97 Å². The van der Waals surface area contributed by atoms with Crippen LogP contribution in [0, 0.1) is 5.92 Å². The summed E-state index contributed by atoms with van der Waals surface area (Å²) in [5.41, 5.74) is 2.24. The zero-order valence-electron chi connectivity index (χ0n) is 11.6. The van der Waals surface area contributed by atoms with E-state index in [4.69, 9.17) is 5.11 Å². The first kappa shape index (κ1) is 15.5. The van der Waals surface area contributed by atoms with Gasteiger partial charge in [-0.2, -0.15) is 0 Å². The van der Waals surface area contributed by atoms with Crippen LogP contribution in [-0.2, 0) is 11.2 Å². The van der Waals surface area contributed by atoms with Crippen molar-refractivity contribution >= 4 is 11.7 Å². The van der Waals surface area contributed by atoms with E-state index in [1.54, 1.807) is 0 Å². The highest BCUT2D eigenvalue weighted by Gasteiger charge is 2.07. The average Bonchev–Trinajstić information content (AvgIpc) is 2.35. The molecule has 0 heterocycles. The lowest BCUT2D eigenvalue weighted by Gasteiger charge is -2.12. The number of benzene rings is 1. The van der Waals surface area contributed by atoms with Crippen LogP contribution in [-0.4, -0.2) is 28.8 Å². The molecule has 4 nitrogen and oxygen atoms in total. The minimum absolute atomic E-state index is 0.00380. The molecule has 3 N–H and O–H groups in total. The second kappa shape index (κ2) is 7.79. The van der Waals surface area contributed by atoms with Gasteiger partial charge in [-0.3, -0.25) is 4.79 Å². The first-order valence-corrected chi connectivity index (χ1v) is 6.70. The summed E-state index contributed by atoms with van der Waals surface area (Å²) in [6.45, 7) is 4.74. The number of carbonyl (C=O) groups is 1. The highest BCUT2D eigenvalue weighted by atomic mass is 16.4. The third-order valence-electron chi connectivity index (χ3n) is 2.83. The summed E-state index contributed by atoms with van der Waals surface area (Å²) >= 11 is 0. The Kier molecular flexibility index (Phi) is 6.36. The molecule has 106 valence electrons. The zero-order chi connectivity index (χ0) is 14.3. The number of anilines is 1. The number of carboxylic acid groups (broad SMARTS) is 1. The van der Waals surface area contributed by atoms with Crippen molar-refractivity contribution in [3.8, 4) is 0 Å². The quantitative estimate of drug-likeness (QED) is 0.675. The van der Waals surface area contributed by atoms with Crippen LogP contribution >= 0.6 is 0 Å². The minimum Gasteiger partial charge on any atom is -0.481 e. The molecule has 0 aromatic heterocycles. The van der Waals surface area contributed by atoms with Gasteiger partial charge in [0.25, 0.3) is 0 Å². The van der Waals surface area contributed by atoms with Gasteiger partial charge in [0.1, 0.15) is 0 Å². The molecule has 0 saturated carbocycles. The van der Waals surface area contributed by atoms with E-state index in [1.165, 1.54) is 5.56 Å². The maximum Gasteiger partial charge on any atom is 0.303 e. The van der Waals surface area contributed by atoms with Gasteiger partial charge in [0.05, 0.1) is 6.10 Å². The Balaban J connectivity index is 2.35. The fraction of sp³-hybridized carbons (Fsp3) is 0.533.